The number of rotatable bonds is 11. The van der Waals surface area contributed by atoms with Crippen LogP contribution in [0.5, 0.6) is 0 Å². The van der Waals surface area contributed by atoms with Crippen molar-refractivity contribution in [2.45, 2.75) is 105 Å². The summed E-state index contributed by atoms with van der Waals surface area (Å²) in [5, 5.41) is 0. The summed E-state index contributed by atoms with van der Waals surface area (Å²) in [6, 6.07) is 0. The Kier molecular flexibility index (Phi) is 10.2. The second-order valence-electron chi connectivity index (χ2n) is 8.72. The van der Waals surface area contributed by atoms with Crippen molar-refractivity contribution in [2.75, 3.05) is 13.2 Å². The van der Waals surface area contributed by atoms with E-state index in [0.717, 1.165) is 26.0 Å². The van der Waals surface area contributed by atoms with Crippen LogP contribution in [0.1, 0.15) is 85.5 Å². The first-order valence-corrected chi connectivity index (χ1v) is 19.0. The van der Waals surface area contributed by atoms with Crippen LogP contribution in [-0.2, 0) is 4.74 Å². The van der Waals surface area contributed by atoms with Crippen LogP contribution in [-0.4, -0.2) is 42.7 Å². The summed E-state index contributed by atoms with van der Waals surface area (Å²) in [7, 11) is 0. The molecule has 0 aliphatic carbocycles. The normalized spacial score (nSPS) is 21.6. The number of hydrogen-bond donors (Lipinski definition) is 0. The fraction of sp³-hybridized carbons (Fsp3) is 0.826. The zero-order chi connectivity index (χ0) is 19.7. The second kappa shape index (κ2) is 11.8. The first kappa shape index (κ1) is 23.2. The second-order valence-corrected chi connectivity index (χ2v) is 21.7. The molecular formula is C23H42FNOSn. The molecule has 2 rings (SSSR count). The standard InChI is InChI=1S/C11H15FNO.3C4H9.Sn/c1-9-6-10(12)8-13(7-9)11-4-2-3-5-14-11;3*1-3-4-2;/h8,11H,2-5,7H2,1H3;3*1,3-4H2,2H3;. The molecule has 0 aromatic carbocycles. The zero-order valence-corrected chi connectivity index (χ0v) is 21.1. The Labute approximate surface area is 171 Å². The molecule has 0 N–H and O–H groups in total. The van der Waals surface area contributed by atoms with Gasteiger partial charge in [-0.2, -0.15) is 0 Å². The zero-order valence-electron chi connectivity index (χ0n) is 18.3. The van der Waals surface area contributed by atoms with Gasteiger partial charge in [-0.15, -0.1) is 0 Å². The van der Waals surface area contributed by atoms with Crippen molar-refractivity contribution in [2.24, 2.45) is 0 Å². The molecular weight excluding hydrogens is 444 g/mol. The van der Waals surface area contributed by atoms with Crippen LogP contribution in [0.3, 0.4) is 0 Å². The number of hydrogen-bond acceptors (Lipinski definition) is 2. The Morgan fingerprint density at radius 3 is 2.07 bits per heavy atom. The van der Waals surface area contributed by atoms with Gasteiger partial charge in [0.05, 0.1) is 0 Å². The number of nitrogens with zero attached hydrogens (tertiary/aromatic N) is 1. The summed E-state index contributed by atoms with van der Waals surface area (Å²) < 4.78 is 26.8. The quantitative estimate of drug-likeness (QED) is 0.283. The molecule has 2 heterocycles. The molecule has 0 radical (unpaired) electrons. The first-order valence-electron chi connectivity index (χ1n) is 11.5. The summed E-state index contributed by atoms with van der Waals surface area (Å²) in [5.74, 6) is 0.104. The molecule has 2 aliphatic heterocycles. The third-order valence-electron chi connectivity index (χ3n) is 6.45. The summed E-state index contributed by atoms with van der Waals surface area (Å²) in [4.78, 5) is 2.14. The molecule has 27 heavy (non-hydrogen) atoms. The van der Waals surface area contributed by atoms with E-state index in [-0.39, 0.29) is 12.1 Å². The fourth-order valence-corrected chi connectivity index (χ4v) is 22.5. The van der Waals surface area contributed by atoms with Crippen LogP contribution in [0.15, 0.2) is 21.2 Å². The van der Waals surface area contributed by atoms with Gasteiger partial charge in [0.2, 0.25) is 0 Å². The molecule has 1 atom stereocenters. The van der Waals surface area contributed by atoms with Gasteiger partial charge in [0, 0.05) is 0 Å². The Hall–Kier alpha value is -0.0313. The first-order chi connectivity index (χ1) is 13.1. The van der Waals surface area contributed by atoms with E-state index in [2.05, 4.69) is 32.6 Å². The summed E-state index contributed by atoms with van der Waals surface area (Å²) in [6.07, 6.45) is 12.8. The van der Waals surface area contributed by atoms with Crippen molar-refractivity contribution in [3.05, 3.63) is 21.2 Å². The van der Waals surface area contributed by atoms with E-state index in [4.69, 9.17) is 4.74 Å². The van der Waals surface area contributed by atoms with Crippen LogP contribution in [0.4, 0.5) is 4.39 Å². The molecule has 4 heteroatoms. The molecule has 0 spiro atoms. The fourth-order valence-electron chi connectivity index (χ4n) is 4.98. The molecule has 0 bridgehead atoms. The molecule has 0 aromatic rings. The van der Waals surface area contributed by atoms with Crippen molar-refractivity contribution < 1.29 is 9.13 Å². The summed E-state index contributed by atoms with van der Waals surface area (Å²) in [5.41, 5.74) is 1.32. The molecule has 0 amide bonds. The van der Waals surface area contributed by atoms with Crippen LogP contribution in [0.2, 0.25) is 13.3 Å². The van der Waals surface area contributed by atoms with Crippen LogP contribution in [0.25, 0.3) is 0 Å². The van der Waals surface area contributed by atoms with Gasteiger partial charge in [0.25, 0.3) is 0 Å². The maximum absolute atomic E-state index is 15.6. The van der Waals surface area contributed by atoms with Crippen molar-refractivity contribution in [1.29, 1.82) is 0 Å². The van der Waals surface area contributed by atoms with Gasteiger partial charge in [0.1, 0.15) is 0 Å². The number of allylic oxidation sites excluding steroid dienone is 2. The predicted octanol–water partition coefficient (Wildman–Crippen LogP) is 7.34. The van der Waals surface area contributed by atoms with Gasteiger partial charge in [-0.05, 0) is 0 Å². The molecule has 0 saturated carbocycles. The number of ether oxygens (including phenoxy) is 1. The molecule has 156 valence electrons. The molecule has 1 saturated heterocycles. The third kappa shape index (κ3) is 6.22. The maximum atomic E-state index is 15.6. The molecule has 0 aromatic heterocycles. The van der Waals surface area contributed by atoms with E-state index in [9.17, 15) is 0 Å². The van der Waals surface area contributed by atoms with Gasteiger partial charge in [-0.25, -0.2) is 0 Å². The van der Waals surface area contributed by atoms with Crippen molar-refractivity contribution in [3.8, 4) is 0 Å². The number of halogens is 1. The molecule has 1 unspecified atom stereocenters. The Morgan fingerprint density at radius 1 is 1.04 bits per heavy atom. The minimum absolute atomic E-state index is 0.0764. The van der Waals surface area contributed by atoms with Gasteiger partial charge < -0.3 is 0 Å². The van der Waals surface area contributed by atoms with Crippen molar-refractivity contribution in [1.82, 2.24) is 4.90 Å². The molecule has 2 aliphatic rings. The Bertz CT molecular complexity index is 489. The predicted molar refractivity (Wildman–Crippen MR) is 117 cm³/mol. The van der Waals surface area contributed by atoms with E-state index in [1.54, 1.807) is 0 Å². The molecule has 1 fully saturated rings. The van der Waals surface area contributed by atoms with Gasteiger partial charge in [0.15, 0.2) is 0 Å². The van der Waals surface area contributed by atoms with E-state index < -0.39 is 18.4 Å². The third-order valence-corrected chi connectivity index (χ3v) is 22.6. The SMILES string of the molecule is CCC[CH2][Sn]([CH2]CCC)([CH2]CCC)[C]1=C(C)CN(C2CCCCO2)C=C1F. The minimum atomic E-state index is -2.72. The van der Waals surface area contributed by atoms with E-state index >= 15 is 4.39 Å². The average Bonchev–Trinajstić information content (AvgIpc) is 2.68. The Morgan fingerprint density at radius 2 is 1.63 bits per heavy atom. The van der Waals surface area contributed by atoms with E-state index in [0.29, 0.717) is 0 Å². The van der Waals surface area contributed by atoms with Crippen molar-refractivity contribution in [3.63, 3.8) is 0 Å². The summed E-state index contributed by atoms with van der Waals surface area (Å²) in [6.45, 7) is 10.8. The van der Waals surface area contributed by atoms with Gasteiger partial charge in [-0.1, -0.05) is 0 Å². The van der Waals surface area contributed by atoms with E-state index in [1.807, 2.05) is 6.20 Å². The number of unbranched alkanes of at least 4 members (excludes halogenated alkanes) is 3. The van der Waals surface area contributed by atoms with E-state index in [1.165, 1.54) is 67.4 Å². The Balaban J connectivity index is 2.29. The monoisotopic (exact) mass is 487 g/mol. The van der Waals surface area contributed by atoms with Gasteiger partial charge in [-0.3, -0.25) is 0 Å². The average molecular weight is 486 g/mol. The van der Waals surface area contributed by atoms with Crippen molar-refractivity contribution >= 4 is 18.4 Å². The molecule has 2 nitrogen and oxygen atoms in total. The summed E-state index contributed by atoms with van der Waals surface area (Å²) >= 11 is -2.72. The topological polar surface area (TPSA) is 12.5 Å². The van der Waals surface area contributed by atoms with Crippen LogP contribution < -0.4 is 0 Å². The van der Waals surface area contributed by atoms with Crippen LogP contribution in [0, 0.1) is 0 Å². The van der Waals surface area contributed by atoms with Gasteiger partial charge >= 0.3 is 172 Å². The van der Waals surface area contributed by atoms with Crippen LogP contribution >= 0.6 is 0 Å².